The van der Waals surface area contributed by atoms with Gasteiger partial charge in [-0.1, -0.05) is 6.92 Å². The first kappa shape index (κ1) is 13.5. The number of piperidine rings is 1. The van der Waals surface area contributed by atoms with E-state index in [1.165, 1.54) is 6.42 Å². The van der Waals surface area contributed by atoms with Crippen molar-refractivity contribution in [1.29, 1.82) is 0 Å². The van der Waals surface area contributed by atoms with Crippen molar-refractivity contribution in [2.24, 2.45) is 5.92 Å². The van der Waals surface area contributed by atoms with Crippen LogP contribution in [-0.2, 0) is 14.3 Å². The Bertz CT molecular complexity index is 310. The molecule has 2 heterocycles. The molecule has 2 aliphatic heterocycles. The molecule has 2 atom stereocenters. The average molecular weight is 253 g/mol. The van der Waals surface area contributed by atoms with Gasteiger partial charge >= 0.3 is 0 Å². The van der Waals surface area contributed by atoms with Crippen molar-refractivity contribution in [1.82, 2.24) is 4.90 Å². The van der Waals surface area contributed by atoms with Gasteiger partial charge in [-0.3, -0.25) is 9.59 Å². The third-order valence-corrected chi connectivity index (χ3v) is 3.98. The summed E-state index contributed by atoms with van der Waals surface area (Å²) >= 11 is 0. The van der Waals surface area contributed by atoms with Gasteiger partial charge in [0.25, 0.3) is 0 Å². The monoisotopic (exact) mass is 253 g/mol. The minimum Gasteiger partial charge on any atom is -0.378 e. The minimum atomic E-state index is 0.00799. The summed E-state index contributed by atoms with van der Waals surface area (Å²) in [7, 11) is 0. The molecule has 0 radical (unpaired) electrons. The number of rotatable bonds is 3. The molecule has 0 spiro atoms. The first-order valence-electron chi connectivity index (χ1n) is 7.09. The fourth-order valence-electron chi connectivity index (χ4n) is 2.72. The molecule has 0 saturated carbocycles. The minimum absolute atomic E-state index is 0.00799. The van der Waals surface area contributed by atoms with Crippen LogP contribution in [0.3, 0.4) is 0 Å². The number of amides is 1. The van der Waals surface area contributed by atoms with Gasteiger partial charge in [0.15, 0.2) is 0 Å². The highest BCUT2D eigenvalue weighted by Crippen LogP contribution is 2.19. The van der Waals surface area contributed by atoms with E-state index in [9.17, 15) is 9.59 Å². The highest BCUT2D eigenvalue weighted by atomic mass is 16.5. The summed E-state index contributed by atoms with van der Waals surface area (Å²) < 4.78 is 5.63. The first-order chi connectivity index (χ1) is 8.66. The Balaban J connectivity index is 1.72. The number of carbonyl (C=O) groups is 2. The molecule has 0 aromatic rings. The summed E-state index contributed by atoms with van der Waals surface area (Å²) in [5.41, 5.74) is 0. The smallest absolute Gasteiger partial charge is 0.222 e. The molecule has 2 unspecified atom stereocenters. The standard InChI is InChI=1S/C14H23NO3/c1-11-10-15(8-7-13(11)16)14(17)6-5-12-4-2-3-9-18-12/h11-12H,2-10H2,1H3. The Hall–Kier alpha value is -0.900. The van der Waals surface area contributed by atoms with Crippen LogP contribution in [0.2, 0.25) is 0 Å². The van der Waals surface area contributed by atoms with Gasteiger partial charge in [0.1, 0.15) is 5.78 Å². The number of hydrogen-bond acceptors (Lipinski definition) is 3. The average Bonchev–Trinajstić information content (AvgIpc) is 2.40. The molecule has 18 heavy (non-hydrogen) atoms. The van der Waals surface area contributed by atoms with Crippen molar-refractivity contribution in [3.05, 3.63) is 0 Å². The second-order valence-electron chi connectivity index (χ2n) is 5.48. The van der Waals surface area contributed by atoms with Gasteiger partial charge in [-0.05, 0) is 25.7 Å². The van der Waals surface area contributed by atoms with Crippen LogP contribution in [0.5, 0.6) is 0 Å². The largest absolute Gasteiger partial charge is 0.378 e. The van der Waals surface area contributed by atoms with Crippen LogP contribution in [0, 0.1) is 5.92 Å². The molecule has 0 aromatic heterocycles. The van der Waals surface area contributed by atoms with E-state index in [1.54, 1.807) is 0 Å². The molecule has 4 heteroatoms. The number of hydrogen-bond donors (Lipinski definition) is 0. The quantitative estimate of drug-likeness (QED) is 0.770. The number of Topliss-reactive ketones (excluding diaryl/α,β-unsaturated/α-hetero) is 1. The molecular formula is C14H23NO3. The molecule has 2 fully saturated rings. The Morgan fingerprint density at radius 1 is 1.44 bits per heavy atom. The number of nitrogens with zero attached hydrogens (tertiary/aromatic N) is 1. The Morgan fingerprint density at radius 3 is 2.94 bits per heavy atom. The zero-order chi connectivity index (χ0) is 13.0. The maximum Gasteiger partial charge on any atom is 0.222 e. The van der Waals surface area contributed by atoms with Gasteiger partial charge in [0, 0.05) is 38.5 Å². The predicted octanol–water partition coefficient (Wildman–Crippen LogP) is 1.77. The topological polar surface area (TPSA) is 46.6 Å². The molecule has 2 rings (SSSR count). The van der Waals surface area contributed by atoms with E-state index in [4.69, 9.17) is 4.74 Å². The summed E-state index contributed by atoms with van der Waals surface area (Å²) in [6.45, 7) is 3.96. The highest BCUT2D eigenvalue weighted by Gasteiger charge is 2.27. The summed E-state index contributed by atoms with van der Waals surface area (Å²) in [5, 5.41) is 0. The Kier molecular flexibility index (Phi) is 4.75. The number of ketones is 1. The SMILES string of the molecule is CC1CN(C(=O)CCC2CCCCO2)CCC1=O. The summed E-state index contributed by atoms with van der Waals surface area (Å²) in [4.78, 5) is 25.3. The molecule has 0 aliphatic carbocycles. The van der Waals surface area contributed by atoms with E-state index in [-0.39, 0.29) is 23.7 Å². The molecule has 2 aliphatic rings. The van der Waals surface area contributed by atoms with Crippen molar-refractivity contribution in [3.8, 4) is 0 Å². The molecule has 1 amide bonds. The van der Waals surface area contributed by atoms with Gasteiger partial charge in [0.05, 0.1) is 6.10 Å². The zero-order valence-electron chi connectivity index (χ0n) is 11.2. The predicted molar refractivity (Wildman–Crippen MR) is 68.2 cm³/mol. The van der Waals surface area contributed by atoms with Crippen molar-refractivity contribution >= 4 is 11.7 Å². The van der Waals surface area contributed by atoms with Crippen molar-refractivity contribution in [2.45, 2.75) is 51.6 Å². The lowest BCUT2D eigenvalue weighted by Crippen LogP contribution is -2.43. The van der Waals surface area contributed by atoms with Crippen LogP contribution in [0.1, 0.15) is 45.4 Å². The van der Waals surface area contributed by atoms with Crippen LogP contribution >= 0.6 is 0 Å². The number of ether oxygens (including phenoxy) is 1. The van der Waals surface area contributed by atoms with Crippen LogP contribution < -0.4 is 0 Å². The van der Waals surface area contributed by atoms with Gasteiger partial charge in [-0.25, -0.2) is 0 Å². The fourth-order valence-corrected chi connectivity index (χ4v) is 2.72. The molecule has 0 bridgehead atoms. The lowest BCUT2D eigenvalue weighted by Gasteiger charge is -2.31. The maximum atomic E-state index is 12.1. The summed E-state index contributed by atoms with van der Waals surface area (Å²) in [5.74, 6) is 0.479. The van der Waals surface area contributed by atoms with Crippen molar-refractivity contribution in [3.63, 3.8) is 0 Å². The van der Waals surface area contributed by atoms with Gasteiger partial charge in [0.2, 0.25) is 5.91 Å². The molecular weight excluding hydrogens is 230 g/mol. The molecule has 2 saturated heterocycles. The Labute approximate surface area is 109 Å². The maximum absolute atomic E-state index is 12.1. The van der Waals surface area contributed by atoms with Crippen LogP contribution in [-0.4, -0.2) is 42.4 Å². The highest BCUT2D eigenvalue weighted by molar-refractivity contribution is 5.85. The van der Waals surface area contributed by atoms with Crippen molar-refractivity contribution in [2.75, 3.05) is 19.7 Å². The van der Waals surface area contributed by atoms with E-state index in [1.807, 2.05) is 11.8 Å². The number of carbonyl (C=O) groups excluding carboxylic acids is 2. The zero-order valence-corrected chi connectivity index (χ0v) is 11.2. The van der Waals surface area contributed by atoms with Gasteiger partial charge in [-0.15, -0.1) is 0 Å². The van der Waals surface area contributed by atoms with E-state index < -0.39 is 0 Å². The molecule has 0 aromatic carbocycles. The molecule has 0 N–H and O–H groups in total. The normalized spacial score (nSPS) is 29.4. The van der Waals surface area contributed by atoms with Crippen LogP contribution in [0.4, 0.5) is 0 Å². The second kappa shape index (κ2) is 6.32. The fraction of sp³-hybridized carbons (Fsp3) is 0.857. The second-order valence-corrected chi connectivity index (χ2v) is 5.48. The van der Waals surface area contributed by atoms with E-state index in [0.717, 1.165) is 25.9 Å². The van der Waals surface area contributed by atoms with Gasteiger partial charge in [-0.2, -0.15) is 0 Å². The third-order valence-electron chi connectivity index (χ3n) is 3.98. The summed E-state index contributed by atoms with van der Waals surface area (Å²) in [6, 6.07) is 0. The Morgan fingerprint density at radius 2 is 2.28 bits per heavy atom. The third kappa shape index (κ3) is 3.55. The lowest BCUT2D eigenvalue weighted by molar-refractivity contribution is -0.137. The van der Waals surface area contributed by atoms with Crippen LogP contribution in [0.15, 0.2) is 0 Å². The van der Waals surface area contributed by atoms with Crippen molar-refractivity contribution < 1.29 is 14.3 Å². The number of likely N-dealkylation sites (tertiary alicyclic amines) is 1. The van der Waals surface area contributed by atoms with E-state index in [0.29, 0.717) is 25.9 Å². The van der Waals surface area contributed by atoms with Gasteiger partial charge < -0.3 is 9.64 Å². The van der Waals surface area contributed by atoms with E-state index in [2.05, 4.69) is 0 Å². The molecule has 4 nitrogen and oxygen atoms in total. The molecule has 102 valence electrons. The van der Waals surface area contributed by atoms with E-state index >= 15 is 0 Å². The van der Waals surface area contributed by atoms with Crippen LogP contribution in [0.25, 0.3) is 0 Å². The first-order valence-corrected chi connectivity index (χ1v) is 7.09. The lowest BCUT2D eigenvalue weighted by atomic mass is 9.98. The summed E-state index contributed by atoms with van der Waals surface area (Å²) in [6.07, 6.45) is 5.63.